The van der Waals surface area contributed by atoms with Gasteiger partial charge >= 0.3 is 0 Å². The Bertz CT molecular complexity index is 543. The van der Waals surface area contributed by atoms with E-state index in [0.29, 0.717) is 5.56 Å². The van der Waals surface area contributed by atoms with Crippen molar-refractivity contribution in [2.45, 2.75) is 20.0 Å². The maximum atomic E-state index is 12.1. The number of carbonyl (C=O) groups is 1. The fourth-order valence-corrected chi connectivity index (χ4v) is 1.77. The van der Waals surface area contributed by atoms with Gasteiger partial charge in [0.2, 0.25) is 0 Å². The van der Waals surface area contributed by atoms with Crippen molar-refractivity contribution < 1.29 is 9.90 Å². The van der Waals surface area contributed by atoms with Crippen molar-refractivity contribution in [2.24, 2.45) is 5.92 Å². The van der Waals surface area contributed by atoms with Crippen molar-refractivity contribution in [3.8, 4) is 0 Å². The fourth-order valence-electron chi connectivity index (χ4n) is 1.77. The number of nitrogens with zero attached hydrogens (tertiary/aromatic N) is 1. The van der Waals surface area contributed by atoms with Crippen LogP contribution in [-0.2, 0) is 0 Å². The molecule has 2 aromatic rings. The van der Waals surface area contributed by atoms with E-state index in [1.54, 1.807) is 6.20 Å². The van der Waals surface area contributed by atoms with Crippen LogP contribution < -0.4 is 0 Å². The van der Waals surface area contributed by atoms with Crippen LogP contribution >= 0.6 is 0 Å². The zero-order valence-electron chi connectivity index (χ0n) is 9.92. The van der Waals surface area contributed by atoms with Gasteiger partial charge in [-0.1, -0.05) is 38.1 Å². The first kappa shape index (κ1) is 11.7. The summed E-state index contributed by atoms with van der Waals surface area (Å²) >= 11 is 0. The molecule has 0 amide bonds. The van der Waals surface area contributed by atoms with Crippen LogP contribution in [0.25, 0.3) is 10.8 Å². The summed E-state index contributed by atoms with van der Waals surface area (Å²) in [6.45, 7) is 3.64. The van der Waals surface area contributed by atoms with Crippen LogP contribution in [-0.4, -0.2) is 22.0 Å². The summed E-state index contributed by atoms with van der Waals surface area (Å²) in [7, 11) is 0. The number of ketones is 1. The number of benzene rings is 1. The van der Waals surface area contributed by atoms with Crippen LogP contribution in [0.1, 0.15) is 24.2 Å². The van der Waals surface area contributed by atoms with E-state index in [0.717, 1.165) is 10.8 Å². The minimum absolute atomic E-state index is 0.0959. The number of hydrogen-bond donors (Lipinski definition) is 1. The van der Waals surface area contributed by atoms with E-state index in [1.165, 1.54) is 6.20 Å². The number of rotatable bonds is 3. The second kappa shape index (κ2) is 4.63. The number of aliphatic hydroxyl groups excluding tert-OH is 1. The van der Waals surface area contributed by atoms with Crippen LogP contribution in [0.5, 0.6) is 0 Å². The second-order valence-corrected chi connectivity index (χ2v) is 4.46. The Hall–Kier alpha value is -1.74. The number of pyridine rings is 1. The Labute approximate surface area is 100 Å². The number of fused-ring (bicyclic) bond motifs is 1. The van der Waals surface area contributed by atoms with Gasteiger partial charge in [0.25, 0.3) is 0 Å². The summed E-state index contributed by atoms with van der Waals surface area (Å²) in [6.07, 6.45) is 2.27. The summed E-state index contributed by atoms with van der Waals surface area (Å²) < 4.78 is 0. The Balaban J connectivity index is 2.52. The maximum absolute atomic E-state index is 12.1. The molecule has 0 spiro atoms. The SMILES string of the molecule is CC(C)C(O)C(=O)c1cncc2ccccc12. The van der Waals surface area contributed by atoms with Gasteiger partial charge in [0.1, 0.15) is 6.10 Å². The van der Waals surface area contributed by atoms with Crippen LogP contribution in [0.15, 0.2) is 36.7 Å². The summed E-state index contributed by atoms with van der Waals surface area (Å²) in [4.78, 5) is 16.2. The molecule has 1 heterocycles. The zero-order valence-corrected chi connectivity index (χ0v) is 9.92. The van der Waals surface area contributed by atoms with E-state index >= 15 is 0 Å². The molecule has 2 rings (SSSR count). The van der Waals surface area contributed by atoms with Gasteiger partial charge in [-0.25, -0.2) is 0 Å². The fraction of sp³-hybridized carbons (Fsp3) is 0.286. The van der Waals surface area contributed by atoms with E-state index in [4.69, 9.17) is 0 Å². The molecule has 0 radical (unpaired) electrons. The second-order valence-electron chi connectivity index (χ2n) is 4.46. The van der Waals surface area contributed by atoms with Gasteiger partial charge in [0.05, 0.1) is 0 Å². The average Bonchev–Trinajstić information content (AvgIpc) is 2.36. The Kier molecular flexibility index (Phi) is 3.20. The standard InChI is InChI=1S/C14H15NO2/c1-9(2)13(16)14(17)12-8-15-7-10-5-3-4-6-11(10)12/h3-9,13,16H,1-2H3. The molecule has 0 aliphatic carbocycles. The monoisotopic (exact) mass is 229 g/mol. The van der Waals surface area contributed by atoms with Gasteiger partial charge in [0, 0.05) is 23.3 Å². The quantitative estimate of drug-likeness (QED) is 0.822. The van der Waals surface area contributed by atoms with Gasteiger partial charge in [-0.3, -0.25) is 9.78 Å². The van der Waals surface area contributed by atoms with E-state index < -0.39 is 6.10 Å². The lowest BCUT2D eigenvalue weighted by molar-refractivity contribution is 0.0649. The molecule has 1 atom stereocenters. The Morgan fingerprint density at radius 1 is 1.24 bits per heavy atom. The zero-order chi connectivity index (χ0) is 12.4. The van der Waals surface area contributed by atoms with E-state index in [1.807, 2.05) is 38.1 Å². The maximum Gasteiger partial charge on any atom is 0.193 e. The molecule has 1 N–H and O–H groups in total. The predicted octanol–water partition coefficient (Wildman–Crippen LogP) is 2.43. The van der Waals surface area contributed by atoms with Crippen molar-refractivity contribution in [1.82, 2.24) is 4.98 Å². The first-order valence-electron chi connectivity index (χ1n) is 5.66. The summed E-state index contributed by atoms with van der Waals surface area (Å²) in [6, 6.07) is 7.55. The summed E-state index contributed by atoms with van der Waals surface area (Å²) in [5.74, 6) is -0.356. The topological polar surface area (TPSA) is 50.2 Å². The van der Waals surface area contributed by atoms with E-state index in [9.17, 15) is 9.90 Å². The van der Waals surface area contributed by atoms with Gasteiger partial charge in [-0.15, -0.1) is 0 Å². The molecule has 0 aliphatic rings. The highest BCUT2D eigenvalue weighted by Crippen LogP contribution is 2.20. The van der Waals surface area contributed by atoms with E-state index in [2.05, 4.69) is 4.98 Å². The normalized spacial score (nSPS) is 12.9. The molecule has 17 heavy (non-hydrogen) atoms. The Morgan fingerprint density at radius 3 is 2.65 bits per heavy atom. The highest BCUT2D eigenvalue weighted by molar-refractivity contribution is 6.09. The molecular formula is C14H15NO2. The lowest BCUT2D eigenvalue weighted by Crippen LogP contribution is -2.26. The van der Waals surface area contributed by atoms with Crippen LogP contribution in [0.4, 0.5) is 0 Å². The Morgan fingerprint density at radius 2 is 1.94 bits per heavy atom. The molecule has 3 heteroatoms. The van der Waals surface area contributed by atoms with Gasteiger partial charge < -0.3 is 5.11 Å². The smallest absolute Gasteiger partial charge is 0.193 e. The van der Waals surface area contributed by atoms with Gasteiger partial charge in [-0.05, 0) is 11.3 Å². The summed E-state index contributed by atoms with van der Waals surface area (Å²) in [5.41, 5.74) is 0.490. The molecule has 0 saturated carbocycles. The molecule has 1 unspecified atom stereocenters. The molecule has 88 valence electrons. The average molecular weight is 229 g/mol. The molecule has 0 aliphatic heterocycles. The van der Waals surface area contributed by atoms with Gasteiger partial charge in [0.15, 0.2) is 5.78 Å². The van der Waals surface area contributed by atoms with Crippen molar-refractivity contribution in [3.63, 3.8) is 0 Å². The minimum Gasteiger partial charge on any atom is -0.385 e. The third-order valence-electron chi connectivity index (χ3n) is 2.83. The van der Waals surface area contributed by atoms with Crippen molar-refractivity contribution >= 4 is 16.6 Å². The molecule has 0 saturated heterocycles. The number of aliphatic hydroxyl groups is 1. The third-order valence-corrected chi connectivity index (χ3v) is 2.83. The highest BCUT2D eigenvalue weighted by atomic mass is 16.3. The third kappa shape index (κ3) is 2.19. The van der Waals surface area contributed by atoms with Crippen molar-refractivity contribution in [3.05, 3.63) is 42.2 Å². The number of hydrogen-bond acceptors (Lipinski definition) is 3. The van der Waals surface area contributed by atoms with Crippen molar-refractivity contribution in [2.75, 3.05) is 0 Å². The van der Waals surface area contributed by atoms with Crippen LogP contribution in [0.3, 0.4) is 0 Å². The predicted molar refractivity (Wildman–Crippen MR) is 66.9 cm³/mol. The highest BCUT2D eigenvalue weighted by Gasteiger charge is 2.22. The van der Waals surface area contributed by atoms with E-state index in [-0.39, 0.29) is 11.7 Å². The molecule has 0 fully saturated rings. The van der Waals surface area contributed by atoms with Crippen molar-refractivity contribution in [1.29, 1.82) is 0 Å². The minimum atomic E-state index is -0.970. The summed E-state index contributed by atoms with van der Waals surface area (Å²) in [5, 5.41) is 11.6. The molecular weight excluding hydrogens is 214 g/mol. The molecule has 3 nitrogen and oxygen atoms in total. The molecule has 1 aromatic heterocycles. The largest absolute Gasteiger partial charge is 0.385 e. The van der Waals surface area contributed by atoms with Gasteiger partial charge in [-0.2, -0.15) is 0 Å². The first-order chi connectivity index (χ1) is 8.11. The number of carbonyl (C=O) groups excluding carboxylic acids is 1. The van der Waals surface area contributed by atoms with Crippen LogP contribution in [0, 0.1) is 5.92 Å². The first-order valence-corrected chi connectivity index (χ1v) is 5.66. The lowest BCUT2D eigenvalue weighted by Gasteiger charge is -2.14. The molecule has 1 aromatic carbocycles. The lowest BCUT2D eigenvalue weighted by atomic mass is 9.96. The molecule has 0 bridgehead atoms. The number of Topliss-reactive ketones (excluding diaryl/α,β-unsaturated/α-hetero) is 1. The van der Waals surface area contributed by atoms with Crippen LogP contribution in [0.2, 0.25) is 0 Å². The number of aromatic nitrogens is 1.